The zero-order valence-electron chi connectivity index (χ0n) is 16.4. The topological polar surface area (TPSA) is 55.8 Å². The van der Waals surface area contributed by atoms with Crippen molar-refractivity contribution in [3.63, 3.8) is 0 Å². The fraction of sp³-hybridized carbons (Fsp3) is 0.364. The second-order valence-corrected chi connectivity index (χ2v) is 7.48. The Morgan fingerprint density at radius 1 is 0.963 bits per heavy atom. The van der Waals surface area contributed by atoms with Crippen molar-refractivity contribution >= 4 is 11.8 Å². The van der Waals surface area contributed by atoms with Crippen LogP contribution in [0.2, 0.25) is 0 Å². The molecule has 0 aliphatic heterocycles. The van der Waals surface area contributed by atoms with Gasteiger partial charge in [0.05, 0.1) is 6.54 Å². The summed E-state index contributed by atoms with van der Waals surface area (Å²) in [5, 5.41) is 0. The molecule has 5 heteroatoms. The Hall–Kier alpha value is -2.66. The summed E-state index contributed by atoms with van der Waals surface area (Å²) >= 11 is 0. The molecule has 0 unspecified atom stereocenters. The van der Waals surface area contributed by atoms with Crippen molar-refractivity contribution in [2.75, 3.05) is 20.2 Å². The SMILES string of the molecule is CN(CC(=O)c1ccc(OCC(=O)OC(C)(C)C)cc1)Cc1ccccc1. The van der Waals surface area contributed by atoms with E-state index in [9.17, 15) is 9.59 Å². The second-order valence-electron chi connectivity index (χ2n) is 7.48. The molecule has 0 aliphatic rings. The van der Waals surface area contributed by atoms with Gasteiger partial charge in [0, 0.05) is 12.1 Å². The van der Waals surface area contributed by atoms with E-state index in [-0.39, 0.29) is 12.4 Å². The van der Waals surface area contributed by atoms with Crippen LogP contribution in [0, 0.1) is 0 Å². The lowest BCUT2D eigenvalue weighted by atomic mass is 10.1. The lowest BCUT2D eigenvalue weighted by Gasteiger charge is -2.19. The number of likely N-dealkylation sites (N-methyl/N-ethyl adjacent to an activating group) is 1. The molecule has 0 saturated heterocycles. The lowest BCUT2D eigenvalue weighted by molar-refractivity contribution is -0.157. The predicted octanol–water partition coefficient (Wildman–Crippen LogP) is 3.72. The molecule has 0 radical (unpaired) electrons. The number of hydrogen-bond acceptors (Lipinski definition) is 5. The van der Waals surface area contributed by atoms with Gasteiger partial charge >= 0.3 is 5.97 Å². The van der Waals surface area contributed by atoms with E-state index >= 15 is 0 Å². The van der Waals surface area contributed by atoms with Crippen molar-refractivity contribution in [3.05, 3.63) is 65.7 Å². The molecule has 0 atom stereocenters. The van der Waals surface area contributed by atoms with Crippen LogP contribution < -0.4 is 4.74 Å². The fourth-order valence-electron chi connectivity index (χ4n) is 2.54. The Balaban J connectivity index is 1.83. The maximum absolute atomic E-state index is 12.4. The number of ether oxygens (including phenoxy) is 2. The first-order valence-corrected chi connectivity index (χ1v) is 8.93. The highest BCUT2D eigenvalue weighted by molar-refractivity contribution is 5.97. The molecule has 0 N–H and O–H groups in total. The molecule has 0 saturated carbocycles. The van der Waals surface area contributed by atoms with Gasteiger partial charge < -0.3 is 9.47 Å². The number of Topliss-reactive ketones (excluding diaryl/α,β-unsaturated/α-hetero) is 1. The Labute approximate surface area is 160 Å². The van der Waals surface area contributed by atoms with Crippen molar-refractivity contribution in [2.45, 2.75) is 32.9 Å². The largest absolute Gasteiger partial charge is 0.482 e. The Morgan fingerprint density at radius 3 is 2.19 bits per heavy atom. The van der Waals surface area contributed by atoms with Crippen LogP contribution in [0.3, 0.4) is 0 Å². The summed E-state index contributed by atoms with van der Waals surface area (Å²) in [6.45, 7) is 6.29. The summed E-state index contributed by atoms with van der Waals surface area (Å²) in [5.74, 6) is 0.132. The van der Waals surface area contributed by atoms with E-state index in [4.69, 9.17) is 9.47 Å². The summed E-state index contributed by atoms with van der Waals surface area (Å²) in [5.41, 5.74) is 1.24. The molecule has 0 amide bonds. The average Bonchev–Trinajstić information content (AvgIpc) is 2.59. The Morgan fingerprint density at radius 2 is 1.59 bits per heavy atom. The number of rotatable bonds is 8. The first kappa shape index (κ1) is 20.6. The van der Waals surface area contributed by atoms with E-state index in [1.165, 1.54) is 5.56 Å². The van der Waals surface area contributed by atoms with Crippen molar-refractivity contribution < 1.29 is 19.1 Å². The van der Waals surface area contributed by atoms with Crippen LogP contribution in [0.25, 0.3) is 0 Å². The van der Waals surface area contributed by atoms with E-state index < -0.39 is 11.6 Å². The molecule has 2 aromatic carbocycles. The summed E-state index contributed by atoms with van der Waals surface area (Å²) in [6.07, 6.45) is 0. The minimum atomic E-state index is -0.539. The summed E-state index contributed by atoms with van der Waals surface area (Å²) in [7, 11) is 1.92. The first-order chi connectivity index (χ1) is 12.7. The maximum atomic E-state index is 12.4. The molecular formula is C22H27NO4. The molecule has 0 aromatic heterocycles. The first-order valence-electron chi connectivity index (χ1n) is 8.93. The van der Waals surface area contributed by atoms with Crippen LogP contribution in [0.15, 0.2) is 54.6 Å². The summed E-state index contributed by atoms with van der Waals surface area (Å²) in [4.78, 5) is 26.1. The lowest BCUT2D eigenvalue weighted by Crippen LogP contribution is -2.27. The molecule has 2 aromatic rings. The van der Waals surface area contributed by atoms with E-state index in [0.29, 0.717) is 24.4 Å². The van der Waals surface area contributed by atoms with Gasteiger partial charge in [-0.05, 0) is 57.6 Å². The zero-order chi connectivity index (χ0) is 19.9. The van der Waals surface area contributed by atoms with Crippen LogP contribution in [0.5, 0.6) is 5.75 Å². The Bertz CT molecular complexity index is 748. The third-order valence-corrected chi connectivity index (χ3v) is 3.66. The van der Waals surface area contributed by atoms with Crippen LogP contribution in [0.4, 0.5) is 0 Å². The second kappa shape index (κ2) is 9.33. The standard InChI is InChI=1S/C22H27NO4/c1-22(2,3)27-21(25)16-26-19-12-10-18(11-13-19)20(24)15-23(4)14-17-8-6-5-7-9-17/h5-13H,14-16H2,1-4H3. The maximum Gasteiger partial charge on any atom is 0.344 e. The quantitative estimate of drug-likeness (QED) is 0.524. The third kappa shape index (κ3) is 7.62. The van der Waals surface area contributed by atoms with Crippen molar-refractivity contribution in [2.24, 2.45) is 0 Å². The predicted molar refractivity (Wildman–Crippen MR) is 105 cm³/mol. The van der Waals surface area contributed by atoms with Crippen LogP contribution in [-0.2, 0) is 16.1 Å². The van der Waals surface area contributed by atoms with Crippen molar-refractivity contribution in [3.8, 4) is 5.75 Å². The molecule has 0 fully saturated rings. The normalized spacial score (nSPS) is 11.3. The highest BCUT2D eigenvalue weighted by Crippen LogP contribution is 2.14. The molecular weight excluding hydrogens is 342 g/mol. The highest BCUT2D eigenvalue weighted by Gasteiger charge is 2.16. The molecule has 0 spiro atoms. The Kier molecular flexibility index (Phi) is 7.13. The molecule has 2 rings (SSSR count). The number of carbonyl (C=O) groups excluding carboxylic acids is 2. The van der Waals surface area contributed by atoms with Crippen LogP contribution in [0.1, 0.15) is 36.7 Å². The molecule has 5 nitrogen and oxygen atoms in total. The van der Waals surface area contributed by atoms with Gasteiger partial charge in [-0.1, -0.05) is 30.3 Å². The summed E-state index contributed by atoms with van der Waals surface area (Å²) < 4.78 is 10.6. The minimum Gasteiger partial charge on any atom is -0.482 e. The molecule has 0 aliphatic carbocycles. The third-order valence-electron chi connectivity index (χ3n) is 3.66. The molecule has 27 heavy (non-hydrogen) atoms. The van der Waals surface area contributed by atoms with Gasteiger partial charge in [0.2, 0.25) is 0 Å². The van der Waals surface area contributed by atoms with Crippen molar-refractivity contribution in [1.29, 1.82) is 0 Å². The zero-order valence-corrected chi connectivity index (χ0v) is 16.4. The van der Waals surface area contributed by atoms with E-state index in [1.807, 2.05) is 42.3 Å². The van der Waals surface area contributed by atoms with E-state index in [1.54, 1.807) is 45.0 Å². The van der Waals surface area contributed by atoms with Gasteiger partial charge in [-0.25, -0.2) is 4.79 Å². The van der Waals surface area contributed by atoms with Crippen molar-refractivity contribution in [1.82, 2.24) is 4.90 Å². The number of carbonyl (C=O) groups is 2. The van der Waals surface area contributed by atoms with Crippen LogP contribution >= 0.6 is 0 Å². The smallest absolute Gasteiger partial charge is 0.344 e. The van der Waals surface area contributed by atoms with E-state index in [0.717, 1.165) is 0 Å². The van der Waals surface area contributed by atoms with Gasteiger partial charge in [0.15, 0.2) is 12.4 Å². The molecule has 144 valence electrons. The molecule has 0 heterocycles. The molecule has 0 bridgehead atoms. The fourth-order valence-corrected chi connectivity index (χ4v) is 2.54. The number of benzene rings is 2. The van der Waals surface area contributed by atoms with Gasteiger partial charge in [0.1, 0.15) is 11.4 Å². The number of esters is 1. The van der Waals surface area contributed by atoms with Gasteiger partial charge in [-0.3, -0.25) is 9.69 Å². The van der Waals surface area contributed by atoms with Gasteiger partial charge in [0.25, 0.3) is 0 Å². The van der Waals surface area contributed by atoms with Gasteiger partial charge in [-0.2, -0.15) is 0 Å². The van der Waals surface area contributed by atoms with Crippen LogP contribution in [-0.4, -0.2) is 42.5 Å². The average molecular weight is 369 g/mol. The number of ketones is 1. The van der Waals surface area contributed by atoms with E-state index in [2.05, 4.69) is 0 Å². The summed E-state index contributed by atoms with van der Waals surface area (Å²) in [6, 6.07) is 16.8. The number of nitrogens with zero attached hydrogens (tertiary/aromatic N) is 1. The monoisotopic (exact) mass is 369 g/mol. The highest BCUT2D eigenvalue weighted by atomic mass is 16.6. The van der Waals surface area contributed by atoms with Gasteiger partial charge in [-0.15, -0.1) is 0 Å². The number of hydrogen-bond donors (Lipinski definition) is 0. The minimum absolute atomic E-state index is 0.0344.